The molecule has 0 bridgehead atoms. The summed E-state index contributed by atoms with van der Waals surface area (Å²) >= 11 is 5.71. The number of phenols is 1. The van der Waals surface area contributed by atoms with E-state index in [0.29, 0.717) is 5.56 Å². The summed E-state index contributed by atoms with van der Waals surface area (Å²) in [5.74, 6) is 0.0699. The van der Waals surface area contributed by atoms with E-state index < -0.39 is 0 Å². The number of aryl methyl sites for hydroxylation is 1. The van der Waals surface area contributed by atoms with Gasteiger partial charge in [0.25, 0.3) is 0 Å². The van der Waals surface area contributed by atoms with Crippen LogP contribution in [0.25, 0.3) is 0 Å². The zero-order valence-corrected chi connectivity index (χ0v) is 7.80. The predicted octanol–water partition coefficient (Wildman–Crippen LogP) is 2.19. The summed E-state index contributed by atoms with van der Waals surface area (Å²) in [4.78, 5) is 13.2. The highest BCUT2D eigenvalue weighted by Gasteiger charge is 2.03. The Morgan fingerprint density at radius 3 is 2.85 bits per heavy atom. The summed E-state index contributed by atoms with van der Waals surface area (Å²) in [5.41, 5.74) is 1.45. The van der Waals surface area contributed by atoms with Gasteiger partial charge in [-0.2, -0.15) is 0 Å². The molecule has 0 aliphatic carbocycles. The van der Waals surface area contributed by atoms with E-state index in [1.165, 1.54) is 6.08 Å². The molecule has 0 heterocycles. The van der Waals surface area contributed by atoms with Gasteiger partial charge in [0.05, 0.1) is 11.6 Å². The number of carbonyl (C=O) groups excluding carboxylic acids is 1. The molecule has 13 heavy (non-hydrogen) atoms. The van der Waals surface area contributed by atoms with Gasteiger partial charge in [-0.1, -0.05) is 17.7 Å². The van der Waals surface area contributed by atoms with E-state index >= 15 is 0 Å². The monoisotopic (exact) mass is 197 g/mol. The standard InChI is InChI=1S/C9H8ClNO2/c1-6-2-7(4-11-5-12)3-8(10)9(6)13/h2-3,13H,4H2,1H3. The maximum atomic E-state index is 9.84. The SMILES string of the molecule is Cc1cc(CN=C=O)cc(Cl)c1O. The van der Waals surface area contributed by atoms with Gasteiger partial charge in [-0.3, -0.25) is 0 Å². The van der Waals surface area contributed by atoms with Crippen LogP contribution in [0.2, 0.25) is 5.02 Å². The molecule has 0 unspecified atom stereocenters. The Balaban J connectivity index is 3.05. The van der Waals surface area contributed by atoms with Crippen molar-refractivity contribution in [3.8, 4) is 5.75 Å². The minimum Gasteiger partial charge on any atom is -0.506 e. The van der Waals surface area contributed by atoms with Crippen LogP contribution in [0.5, 0.6) is 5.75 Å². The molecule has 0 saturated carbocycles. The average molecular weight is 198 g/mol. The first-order valence-corrected chi connectivity index (χ1v) is 4.04. The number of hydrogen-bond donors (Lipinski definition) is 1. The first-order chi connectivity index (χ1) is 6.15. The summed E-state index contributed by atoms with van der Waals surface area (Å²) in [6, 6.07) is 3.30. The Kier molecular flexibility index (Phi) is 3.07. The van der Waals surface area contributed by atoms with Gasteiger partial charge in [0, 0.05) is 0 Å². The lowest BCUT2D eigenvalue weighted by Crippen LogP contribution is -1.84. The predicted molar refractivity (Wildman–Crippen MR) is 49.7 cm³/mol. The molecule has 3 nitrogen and oxygen atoms in total. The van der Waals surface area contributed by atoms with Crippen molar-refractivity contribution in [3.63, 3.8) is 0 Å². The minimum absolute atomic E-state index is 0.0699. The van der Waals surface area contributed by atoms with Gasteiger partial charge in [0.15, 0.2) is 0 Å². The highest BCUT2D eigenvalue weighted by atomic mass is 35.5. The Morgan fingerprint density at radius 1 is 1.62 bits per heavy atom. The molecule has 0 aliphatic heterocycles. The molecule has 0 amide bonds. The molecule has 1 aromatic carbocycles. The van der Waals surface area contributed by atoms with E-state index in [1.54, 1.807) is 19.1 Å². The molecule has 0 atom stereocenters. The molecule has 0 aliphatic rings. The molecule has 0 fully saturated rings. The number of rotatable bonds is 2. The van der Waals surface area contributed by atoms with Crippen LogP contribution in [-0.4, -0.2) is 11.2 Å². The maximum absolute atomic E-state index is 9.84. The number of isocyanates is 1. The van der Waals surface area contributed by atoms with E-state index in [2.05, 4.69) is 4.99 Å². The van der Waals surface area contributed by atoms with E-state index in [-0.39, 0.29) is 17.3 Å². The molecule has 1 rings (SSSR count). The molecule has 0 aromatic heterocycles. The van der Waals surface area contributed by atoms with Gasteiger partial charge in [0.1, 0.15) is 5.75 Å². The van der Waals surface area contributed by atoms with E-state index in [1.807, 2.05) is 0 Å². The molecule has 4 heteroatoms. The molecular formula is C9H8ClNO2. The summed E-state index contributed by atoms with van der Waals surface area (Å²) in [5, 5.41) is 9.59. The highest BCUT2D eigenvalue weighted by Crippen LogP contribution is 2.28. The molecule has 0 spiro atoms. The summed E-state index contributed by atoms with van der Waals surface area (Å²) in [7, 11) is 0. The van der Waals surface area contributed by atoms with Gasteiger partial charge < -0.3 is 5.11 Å². The molecule has 68 valence electrons. The molecular weight excluding hydrogens is 190 g/mol. The van der Waals surface area contributed by atoms with Crippen LogP contribution in [0, 0.1) is 6.92 Å². The zero-order valence-electron chi connectivity index (χ0n) is 7.04. The molecule has 0 radical (unpaired) electrons. The van der Waals surface area contributed by atoms with Gasteiger partial charge in [0.2, 0.25) is 6.08 Å². The van der Waals surface area contributed by atoms with Crippen LogP contribution in [0.3, 0.4) is 0 Å². The number of phenolic OH excluding ortho intramolecular Hbond substituents is 1. The van der Waals surface area contributed by atoms with E-state index in [0.717, 1.165) is 5.56 Å². The first-order valence-electron chi connectivity index (χ1n) is 3.66. The largest absolute Gasteiger partial charge is 0.506 e. The number of aliphatic imine (C=N–C) groups is 1. The lowest BCUT2D eigenvalue weighted by Gasteiger charge is -2.03. The Bertz CT molecular complexity index is 347. The second-order valence-corrected chi connectivity index (χ2v) is 3.06. The lowest BCUT2D eigenvalue weighted by atomic mass is 10.1. The first kappa shape index (κ1) is 9.78. The Morgan fingerprint density at radius 2 is 2.31 bits per heavy atom. The van der Waals surface area contributed by atoms with Crippen LogP contribution in [0.15, 0.2) is 17.1 Å². The van der Waals surface area contributed by atoms with Gasteiger partial charge in [-0.25, -0.2) is 9.79 Å². The van der Waals surface area contributed by atoms with Crippen molar-refractivity contribution in [1.29, 1.82) is 0 Å². The van der Waals surface area contributed by atoms with Crippen molar-refractivity contribution in [1.82, 2.24) is 0 Å². The van der Waals surface area contributed by atoms with Crippen LogP contribution >= 0.6 is 11.6 Å². The fraction of sp³-hybridized carbons (Fsp3) is 0.222. The number of hydrogen-bond acceptors (Lipinski definition) is 3. The van der Waals surface area contributed by atoms with Crippen molar-refractivity contribution in [2.75, 3.05) is 0 Å². The van der Waals surface area contributed by atoms with E-state index in [4.69, 9.17) is 11.6 Å². The number of nitrogens with zero attached hydrogens (tertiary/aromatic N) is 1. The molecule has 1 N–H and O–H groups in total. The number of halogens is 1. The van der Waals surface area contributed by atoms with Crippen LogP contribution in [0.1, 0.15) is 11.1 Å². The number of aromatic hydroxyl groups is 1. The third kappa shape index (κ3) is 2.31. The second-order valence-electron chi connectivity index (χ2n) is 2.65. The summed E-state index contributed by atoms with van der Waals surface area (Å²) < 4.78 is 0. The van der Waals surface area contributed by atoms with Gasteiger partial charge >= 0.3 is 0 Å². The smallest absolute Gasteiger partial charge is 0.235 e. The Hall–Kier alpha value is -1.31. The van der Waals surface area contributed by atoms with Crippen LogP contribution < -0.4 is 0 Å². The lowest BCUT2D eigenvalue weighted by molar-refractivity contribution is 0.471. The van der Waals surface area contributed by atoms with Crippen LogP contribution in [0.4, 0.5) is 0 Å². The van der Waals surface area contributed by atoms with Crippen LogP contribution in [-0.2, 0) is 11.3 Å². The summed E-state index contributed by atoms with van der Waals surface area (Å²) in [6.45, 7) is 1.97. The average Bonchev–Trinajstić information content (AvgIpc) is 2.10. The van der Waals surface area contributed by atoms with Crippen molar-refractivity contribution >= 4 is 17.7 Å². The number of benzene rings is 1. The quantitative estimate of drug-likeness (QED) is 0.584. The normalized spacial score (nSPS) is 9.38. The highest BCUT2D eigenvalue weighted by molar-refractivity contribution is 6.32. The van der Waals surface area contributed by atoms with Gasteiger partial charge in [-0.15, -0.1) is 0 Å². The molecule has 0 saturated heterocycles. The maximum Gasteiger partial charge on any atom is 0.235 e. The fourth-order valence-electron chi connectivity index (χ4n) is 1.02. The second kappa shape index (κ2) is 4.08. The van der Waals surface area contributed by atoms with Crippen molar-refractivity contribution in [2.24, 2.45) is 4.99 Å². The third-order valence-corrected chi connectivity index (χ3v) is 1.93. The minimum atomic E-state index is 0.0699. The topological polar surface area (TPSA) is 49.7 Å². The fourth-order valence-corrected chi connectivity index (χ4v) is 1.31. The summed E-state index contributed by atoms with van der Waals surface area (Å²) in [6.07, 6.45) is 1.44. The van der Waals surface area contributed by atoms with Crippen molar-refractivity contribution in [2.45, 2.75) is 13.5 Å². The van der Waals surface area contributed by atoms with E-state index in [9.17, 15) is 9.90 Å². The van der Waals surface area contributed by atoms with Gasteiger partial charge in [-0.05, 0) is 24.1 Å². The molecule has 1 aromatic rings. The van der Waals surface area contributed by atoms with Crippen molar-refractivity contribution in [3.05, 3.63) is 28.3 Å². The van der Waals surface area contributed by atoms with Crippen molar-refractivity contribution < 1.29 is 9.90 Å². The Labute approximate surface area is 80.7 Å². The third-order valence-electron chi connectivity index (χ3n) is 1.64. The zero-order chi connectivity index (χ0) is 9.84.